The molecule has 0 radical (unpaired) electrons. The first-order valence-corrected chi connectivity index (χ1v) is 8.03. The zero-order valence-electron chi connectivity index (χ0n) is 10.00. The van der Waals surface area contributed by atoms with Gasteiger partial charge in [-0.15, -0.1) is 0 Å². The van der Waals surface area contributed by atoms with E-state index in [-0.39, 0.29) is 28.4 Å². The SMILES string of the molecule is CNC(=O)C1COCCN1S(=O)(=O)c1cnc(Cl)s1. The number of ether oxygens (including phenoxy) is 1. The van der Waals surface area contributed by atoms with E-state index in [4.69, 9.17) is 16.3 Å². The van der Waals surface area contributed by atoms with Crippen molar-refractivity contribution in [2.24, 2.45) is 0 Å². The molecule has 2 rings (SSSR count). The molecule has 1 fully saturated rings. The number of nitrogens with zero attached hydrogens (tertiary/aromatic N) is 2. The molecule has 2 heterocycles. The van der Waals surface area contributed by atoms with E-state index in [9.17, 15) is 13.2 Å². The zero-order valence-corrected chi connectivity index (χ0v) is 12.4. The van der Waals surface area contributed by atoms with E-state index < -0.39 is 22.0 Å². The van der Waals surface area contributed by atoms with Crippen molar-refractivity contribution in [3.8, 4) is 0 Å². The van der Waals surface area contributed by atoms with Crippen LogP contribution in [0.15, 0.2) is 10.4 Å². The number of sulfonamides is 1. The van der Waals surface area contributed by atoms with Crippen molar-refractivity contribution in [3.63, 3.8) is 0 Å². The number of hydrogen-bond donors (Lipinski definition) is 1. The molecule has 7 nitrogen and oxygen atoms in total. The first-order chi connectivity index (χ1) is 8.96. The quantitative estimate of drug-likeness (QED) is 0.840. The Morgan fingerprint density at radius 1 is 1.68 bits per heavy atom. The van der Waals surface area contributed by atoms with Crippen LogP contribution in [0.4, 0.5) is 0 Å². The molecule has 1 atom stereocenters. The van der Waals surface area contributed by atoms with Gasteiger partial charge in [0.15, 0.2) is 8.68 Å². The van der Waals surface area contributed by atoms with Gasteiger partial charge in [0.05, 0.1) is 19.4 Å². The molecule has 1 saturated heterocycles. The number of carbonyl (C=O) groups excluding carboxylic acids is 1. The molecular weight excluding hydrogens is 314 g/mol. The van der Waals surface area contributed by atoms with Crippen molar-refractivity contribution >= 4 is 38.9 Å². The normalized spacial score (nSPS) is 21.3. The second-order valence-electron chi connectivity index (χ2n) is 3.75. The Kier molecular flexibility index (Phi) is 4.41. The van der Waals surface area contributed by atoms with E-state index in [1.54, 1.807) is 0 Å². The fourth-order valence-electron chi connectivity index (χ4n) is 1.72. The minimum atomic E-state index is -3.78. The predicted molar refractivity (Wildman–Crippen MR) is 69.7 cm³/mol. The predicted octanol–water partition coefficient (Wildman–Crippen LogP) is -0.0680. The molecule has 1 aliphatic heterocycles. The zero-order chi connectivity index (χ0) is 14.0. The monoisotopic (exact) mass is 325 g/mol. The third-order valence-electron chi connectivity index (χ3n) is 2.65. The van der Waals surface area contributed by atoms with Crippen LogP contribution in [0.5, 0.6) is 0 Å². The summed E-state index contributed by atoms with van der Waals surface area (Å²) in [5, 5.41) is 2.43. The molecule has 1 aromatic rings. The molecule has 1 unspecified atom stereocenters. The molecular formula is C9H12ClN3O4S2. The van der Waals surface area contributed by atoms with Crippen LogP contribution in [0.1, 0.15) is 0 Å². The van der Waals surface area contributed by atoms with E-state index in [1.807, 2.05) is 0 Å². The molecule has 0 spiro atoms. The molecule has 1 N–H and O–H groups in total. The second-order valence-corrected chi connectivity index (χ2v) is 7.48. The van der Waals surface area contributed by atoms with Gasteiger partial charge in [0.25, 0.3) is 10.0 Å². The molecule has 1 aliphatic rings. The number of halogens is 1. The third kappa shape index (κ3) is 2.90. The van der Waals surface area contributed by atoms with Crippen LogP contribution in [0.3, 0.4) is 0 Å². The Labute approximate surface area is 119 Å². The van der Waals surface area contributed by atoms with E-state index in [0.717, 1.165) is 15.6 Å². The smallest absolute Gasteiger partial charge is 0.255 e. The van der Waals surface area contributed by atoms with Crippen molar-refractivity contribution in [2.75, 3.05) is 26.8 Å². The summed E-state index contributed by atoms with van der Waals surface area (Å²) in [6.07, 6.45) is 1.19. The minimum absolute atomic E-state index is 0.0216. The molecule has 10 heteroatoms. The number of carbonyl (C=O) groups is 1. The third-order valence-corrected chi connectivity index (χ3v) is 6.11. The largest absolute Gasteiger partial charge is 0.378 e. The van der Waals surface area contributed by atoms with Gasteiger partial charge in [-0.1, -0.05) is 22.9 Å². The summed E-state index contributed by atoms with van der Waals surface area (Å²) in [6.45, 7) is 0.403. The lowest BCUT2D eigenvalue weighted by atomic mass is 10.2. The van der Waals surface area contributed by atoms with Gasteiger partial charge in [-0.3, -0.25) is 4.79 Å². The topological polar surface area (TPSA) is 88.6 Å². The number of aromatic nitrogens is 1. The van der Waals surface area contributed by atoms with E-state index in [0.29, 0.717) is 0 Å². The lowest BCUT2D eigenvalue weighted by Crippen LogP contribution is -2.55. The number of likely N-dealkylation sites (N-methyl/N-ethyl adjacent to an activating group) is 1. The molecule has 0 aliphatic carbocycles. The number of nitrogens with one attached hydrogen (secondary N) is 1. The van der Waals surface area contributed by atoms with Crippen LogP contribution < -0.4 is 5.32 Å². The maximum absolute atomic E-state index is 12.4. The number of thiazole rings is 1. The summed E-state index contributed by atoms with van der Waals surface area (Å²) >= 11 is 6.51. The van der Waals surface area contributed by atoms with Crippen molar-refractivity contribution in [1.29, 1.82) is 0 Å². The number of rotatable bonds is 3. The van der Waals surface area contributed by atoms with E-state index in [2.05, 4.69) is 10.3 Å². The molecule has 0 saturated carbocycles. The van der Waals surface area contributed by atoms with Crippen LogP contribution in [0, 0.1) is 0 Å². The van der Waals surface area contributed by atoms with Crippen LogP contribution in [-0.2, 0) is 19.6 Å². The lowest BCUT2D eigenvalue weighted by Gasteiger charge is -2.32. The van der Waals surface area contributed by atoms with Gasteiger partial charge >= 0.3 is 0 Å². The Hall–Kier alpha value is -0.740. The summed E-state index contributed by atoms with van der Waals surface area (Å²) in [5.41, 5.74) is 0. The summed E-state index contributed by atoms with van der Waals surface area (Å²) in [6, 6.07) is -0.871. The highest BCUT2D eigenvalue weighted by molar-refractivity contribution is 7.91. The number of morpholine rings is 1. The van der Waals surface area contributed by atoms with Crippen molar-refractivity contribution in [2.45, 2.75) is 10.3 Å². The van der Waals surface area contributed by atoms with Gasteiger partial charge in [-0.05, 0) is 0 Å². The average Bonchev–Trinajstić information content (AvgIpc) is 2.85. The minimum Gasteiger partial charge on any atom is -0.378 e. The molecule has 0 bridgehead atoms. The van der Waals surface area contributed by atoms with Crippen molar-refractivity contribution in [3.05, 3.63) is 10.7 Å². The van der Waals surface area contributed by atoms with Gasteiger partial charge in [-0.25, -0.2) is 13.4 Å². The highest BCUT2D eigenvalue weighted by atomic mass is 35.5. The lowest BCUT2D eigenvalue weighted by molar-refractivity contribution is -0.128. The van der Waals surface area contributed by atoms with Crippen molar-refractivity contribution in [1.82, 2.24) is 14.6 Å². The van der Waals surface area contributed by atoms with Crippen LogP contribution in [0.2, 0.25) is 4.47 Å². The Bertz CT molecular complexity index is 574. The fourth-order valence-corrected chi connectivity index (χ4v) is 4.70. The van der Waals surface area contributed by atoms with Crippen LogP contribution in [-0.4, -0.2) is 56.5 Å². The number of amides is 1. The van der Waals surface area contributed by atoms with Crippen LogP contribution >= 0.6 is 22.9 Å². The summed E-state index contributed by atoms with van der Waals surface area (Å²) in [4.78, 5) is 15.4. The molecule has 1 amide bonds. The van der Waals surface area contributed by atoms with Gasteiger partial charge in [0.2, 0.25) is 5.91 Å². The number of hydrogen-bond acceptors (Lipinski definition) is 6. The molecule has 19 heavy (non-hydrogen) atoms. The van der Waals surface area contributed by atoms with E-state index in [1.165, 1.54) is 13.2 Å². The van der Waals surface area contributed by atoms with Gasteiger partial charge < -0.3 is 10.1 Å². The summed E-state index contributed by atoms with van der Waals surface area (Å²) in [7, 11) is -2.33. The standard InChI is InChI=1S/C9H12ClN3O4S2/c1-11-8(14)6-5-17-3-2-13(6)19(15,16)7-4-12-9(10)18-7/h4,6H,2-3,5H2,1H3,(H,11,14). The first kappa shape index (κ1) is 14.7. The molecule has 0 aromatic carbocycles. The Balaban J connectivity index is 2.34. The van der Waals surface area contributed by atoms with Crippen LogP contribution in [0.25, 0.3) is 0 Å². The van der Waals surface area contributed by atoms with Gasteiger partial charge in [-0.2, -0.15) is 4.31 Å². The molecule has 1 aromatic heterocycles. The highest BCUT2D eigenvalue weighted by Crippen LogP contribution is 2.27. The van der Waals surface area contributed by atoms with Gasteiger partial charge in [0.1, 0.15) is 6.04 Å². The maximum atomic E-state index is 12.4. The summed E-state index contributed by atoms with van der Waals surface area (Å²) in [5.74, 6) is -0.404. The summed E-state index contributed by atoms with van der Waals surface area (Å²) < 4.78 is 31.3. The fraction of sp³-hybridized carbons (Fsp3) is 0.556. The maximum Gasteiger partial charge on any atom is 0.255 e. The van der Waals surface area contributed by atoms with Gasteiger partial charge in [0, 0.05) is 13.6 Å². The highest BCUT2D eigenvalue weighted by Gasteiger charge is 2.38. The average molecular weight is 326 g/mol. The van der Waals surface area contributed by atoms with E-state index >= 15 is 0 Å². The Morgan fingerprint density at radius 3 is 3.00 bits per heavy atom. The first-order valence-electron chi connectivity index (χ1n) is 5.39. The Morgan fingerprint density at radius 2 is 2.42 bits per heavy atom. The van der Waals surface area contributed by atoms with Crippen molar-refractivity contribution < 1.29 is 17.9 Å². The molecule has 106 valence electrons. The second kappa shape index (κ2) is 5.71.